The Kier molecular flexibility index (Phi) is 8.48. The second kappa shape index (κ2) is 11.3. The van der Waals surface area contributed by atoms with E-state index in [1.165, 1.54) is 36.6 Å². The van der Waals surface area contributed by atoms with E-state index in [-0.39, 0.29) is 23.1 Å². The number of ether oxygens (including phenoxy) is 1. The molecule has 6 nitrogen and oxygen atoms in total. The van der Waals surface area contributed by atoms with Gasteiger partial charge in [0.1, 0.15) is 22.5 Å². The van der Waals surface area contributed by atoms with Crippen LogP contribution in [0.25, 0.3) is 16.7 Å². The maximum atomic E-state index is 12.2. The van der Waals surface area contributed by atoms with Crippen LogP contribution in [0.4, 0.5) is 0 Å². The van der Waals surface area contributed by atoms with Gasteiger partial charge in [0.25, 0.3) is 0 Å². The van der Waals surface area contributed by atoms with Crippen molar-refractivity contribution in [2.45, 2.75) is 72.6 Å². The van der Waals surface area contributed by atoms with Crippen molar-refractivity contribution in [3.05, 3.63) is 53.8 Å². The largest absolute Gasteiger partial charge is 0.506 e. The molecule has 0 saturated heterocycles. The number of allylic oxidation sites excluding steroid dienone is 4. The number of aliphatic hydroxyl groups is 1. The van der Waals surface area contributed by atoms with Gasteiger partial charge in [-0.25, -0.2) is 4.79 Å². The highest BCUT2D eigenvalue weighted by atomic mass is 16.5. The molecule has 0 bridgehead atoms. The first-order chi connectivity index (χ1) is 15.8. The van der Waals surface area contributed by atoms with Crippen LogP contribution in [0.1, 0.15) is 72.6 Å². The smallest absolute Gasteiger partial charge is 0.330 e. The van der Waals surface area contributed by atoms with Crippen molar-refractivity contribution in [1.82, 2.24) is 15.0 Å². The molecule has 1 aromatic heterocycles. The summed E-state index contributed by atoms with van der Waals surface area (Å²) < 4.78 is 5.37. The summed E-state index contributed by atoms with van der Waals surface area (Å²) in [6.45, 7) is 8.88. The van der Waals surface area contributed by atoms with Gasteiger partial charge in [-0.1, -0.05) is 78.0 Å². The third kappa shape index (κ3) is 6.80. The Morgan fingerprint density at radius 1 is 1.12 bits per heavy atom. The minimum absolute atomic E-state index is 0.0687. The van der Waals surface area contributed by atoms with E-state index >= 15 is 0 Å². The minimum atomic E-state index is -0.322. The van der Waals surface area contributed by atoms with Gasteiger partial charge >= 0.3 is 5.97 Å². The number of rotatable bonds is 10. The van der Waals surface area contributed by atoms with Gasteiger partial charge in [0.2, 0.25) is 0 Å². The van der Waals surface area contributed by atoms with E-state index in [9.17, 15) is 9.90 Å². The summed E-state index contributed by atoms with van der Waals surface area (Å²) in [6.07, 6.45) is 12.8. The van der Waals surface area contributed by atoms with E-state index in [1.54, 1.807) is 0 Å². The Morgan fingerprint density at radius 3 is 2.39 bits per heavy atom. The summed E-state index contributed by atoms with van der Waals surface area (Å²) in [5.41, 5.74) is 2.74. The van der Waals surface area contributed by atoms with Crippen LogP contribution in [-0.2, 0) is 9.53 Å². The van der Waals surface area contributed by atoms with Crippen LogP contribution in [0.2, 0.25) is 0 Å². The summed E-state index contributed by atoms with van der Waals surface area (Å²) in [6, 6.07) is 7.61. The highest BCUT2D eigenvalue weighted by Gasteiger charge is 2.30. The van der Waals surface area contributed by atoms with Crippen molar-refractivity contribution >= 4 is 22.7 Å². The molecule has 0 saturated carbocycles. The molecule has 1 atom stereocenters. The first-order valence-corrected chi connectivity index (χ1v) is 12.1. The number of unbranched alkanes of at least 4 members (excludes halogenated alkanes) is 5. The molecule has 0 radical (unpaired) electrons. The second-order valence-corrected chi connectivity index (χ2v) is 9.77. The van der Waals surface area contributed by atoms with Crippen molar-refractivity contribution in [2.75, 3.05) is 6.61 Å². The lowest BCUT2D eigenvalue weighted by atomic mass is 9.77. The van der Waals surface area contributed by atoms with E-state index in [0.29, 0.717) is 18.7 Å². The van der Waals surface area contributed by atoms with E-state index in [4.69, 9.17) is 4.74 Å². The fraction of sp³-hybridized carbons (Fsp3) is 0.519. The van der Waals surface area contributed by atoms with Crippen LogP contribution in [0.3, 0.4) is 0 Å². The molecule has 0 spiro atoms. The Balaban J connectivity index is 1.69. The average Bonchev–Trinajstić information content (AvgIpc) is 3.21. The minimum Gasteiger partial charge on any atom is -0.506 e. The van der Waals surface area contributed by atoms with Crippen molar-refractivity contribution in [2.24, 2.45) is 11.3 Å². The lowest BCUT2D eigenvalue weighted by Crippen LogP contribution is -2.21. The lowest BCUT2D eigenvalue weighted by Gasteiger charge is -2.30. The zero-order chi connectivity index (χ0) is 23.8. The maximum Gasteiger partial charge on any atom is 0.330 e. The van der Waals surface area contributed by atoms with Crippen molar-refractivity contribution in [1.29, 1.82) is 0 Å². The average molecular weight is 452 g/mol. The molecular formula is C27H37N3O3. The summed E-state index contributed by atoms with van der Waals surface area (Å²) in [4.78, 5) is 13.7. The van der Waals surface area contributed by atoms with Crippen LogP contribution in [0, 0.1) is 11.3 Å². The summed E-state index contributed by atoms with van der Waals surface area (Å²) in [7, 11) is 0. The molecule has 6 heteroatoms. The second-order valence-electron chi connectivity index (χ2n) is 9.77. The van der Waals surface area contributed by atoms with Gasteiger partial charge < -0.3 is 9.84 Å². The molecule has 0 fully saturated rings. The topological polar surface area (TPSA) is 77.2 Å². The number of nitrogens with zero attached hydrogens (tertiary/aromatic N) is 3. The monoisotopic (exact) mass is 451 g/mol. The number of benzene rings is 1. The fourth-order valence-electron chi connectivity index (χ4n) is 4.05. The fourth-order valence-corrected chi connectivity index (χ4v) is 4.05. The number of aromatic nitrogens is 3. The van der Waals surface area contributed by atoms with Gasteiger partial charge in [-0.3, -0.25) is 0 Å². The maximum absolute atomic E-state index is 12.2. The number of esters is 1. The van der Waals surface area contributed by atoms with Crippen molar-refractivity contribution < 1.29 is 14.6 Å². The van der Waals surface area contributed by atoms with Gasteiger partial charge in [-0.15, -0.1) is 15.0 Å². The third-order valence-electron chi connectivity index (χ3n) is 5.97. The first kappa shape index (κ1) is 24.7. The zero-order valence-electron chi connectivity index (χ0n) is 20.4. The van der Waals surface area contributed by atoms with Gasteiger partial charge in [0.15, 0.2) is 0 Å². The number of hydrogen-bond donors (Lipinski definition) is 1. The number of carbonyl (C=O) groups excluding carboxylic acids is 1. The number of fused-ring (bicyclic) bond motifs is 1. The molecule has 1 aliphatic carbocycles. The molecule has 1 N–H and O–H groups in total. The summed E-state index contributed by atoms with van der Waals surface area (Å²) in [5, 5.41) is 20.1. The molecule has 1 heterocycles. The molecule has 3 rings (SSSR count). The summed E-state index contributed by atoms with van der Waals surface area (Å²) in [5.74, 6) is -0.184. The standard InChI is InChI=1S/C27H37N3O3/c1-5-6-7-8-9-12-17-33-25(31)16-15-20-18-21(27(2,3)4)26(32)24(19-20)30-28-22-13-10-11-14-23(22)29-30/h10-11,13-16,19-20,32H,5-9,12,17-18H2,1-4H3. The number of carbonyl (C=O) groups is 1. The van der Waals surface area contributed by atoms with Gasteiger partial charge in [0.05, 0.1) is 6.61 Å². The van der Waals surface area contributed by atoms with Crippen LogP contribution in [-0.4, -0.2) is 32.7 Å². The van der Waals surface area contributed by atoms with E-state index in [2.05, 4.69) is 37.9 Å². The normalized spacial score (nSPS) is 17.1. The Labute approximate surface area is 197 Å². The van der Waals surface area contributed by atoms with Crippen LogP contribution in [0.15, 0.2) is 53.8 Å². The van der Waals surface area contributed by atoms with E-state index in [1.807, 2.05) is 36.4 Å². The molecule has 0 aliphatic heterocycles. The van der Waals surface area contributed by atoms with Crippen LogP contribution >= 0.6 is 0 Å². The van der Waals surface area contributed by atoms with Crippen LogP contribution in [0.5, 0.6) is 0 Å². The van der Waals surface area contributed by atoms with Gasteiger partial charge in [0, 0.05) is 12.0 Å². The Morgan fingerprint density at radius 2 is 1.76 bits per heavy atom. The zero-order valence-corrected chi connectivity index (χ0v) is 20.4. The van der Waals surface area contributed by atoms with Crippen molar-refractivity contribution in [3.8, 4) is 0 Å². The molecule has 0 amide bonds. The molecular weight excluding hydrogens is 414 g/mol. The number of hydrogen-bond acceptors (Lipinski definition) is 5. The Bertz CT molecular complexity index is 1010. The van der Waals surface area contributed by atoms with Crippen LogP contribution < -0.4 is 0 Å². The van der Waals surface area contributed by atoms with Gasteiger partial charge in [-0.2, -0.15) is 0 Å². The molecule has 2 aromatic rings. The quantitative estimate of drug-likeness (QED) is 0.250. The highest BCUT2D eigenvalue weighted by Crippen LogP contribution is 2.40. The molecule has 178 valence electrons. The lowest BCUT2D eigenvalue weighted by molar-refractivity contribution is -0.137. The third-order valence-corrected chi connectivity index (χ3v) is 5.97. The predicted molar refractivity (Wildman–Crippen MR) is 132 cm³/mol. The highest BCUT2D eigenvalue weighted by molar-refractivity contribution is 5.82. The molecule has 33 heavy (non-hydrogen) atoms. The van der Waals surface area contributed by atoms with Gasteiger partial charge in [-0.05, 0) is 42.0 Å². The molecule has 1 aromatic carbocycles. The molecule has 1 unspecified atom stereocenters. The predicted octanol–water partition coefficient (Wildman–Crippen LogP) is 6.61. The van der Waals surface area contributed by atoms with E-state index < -0.39 is 0 Å². The SMILES string of the molecule is CCCCCCCCOC(=O)C=CC1C=C(n2nc3ccccc3n2)C(O)=C(C(C)(C)C)C1. The molecule has 1 aliphatic rings. The number of aliphatic hydroxyl groups excluding tert-OH is 1. The first-order valence-electron chi connectivity index (χ1n) is 12.1. The van der Waals surface area contributed by atoms with E-state index in [0.717, 1.165) is 29.4 Å². The summed E-state index contributed by atoms with van der Waals surface area (Å²) >= 11 is 0. The van der Waals surface area contributed by atoms with Crippen molar-refractivity contribution in [3.63, 3.8) is 0 Å². The Hall–Kier alpha value is -2.89.